The Labute approximate surface area is 113 Å². The highest BCUT2D eigenvalue weighted by Gasteiger charge is 2.12. The van der Waals surface area contributed by atoms with E-state index in [4.69, 9.17) is 10.8 Å². The Balaban J connectivity index is 2.76. The molecule has 0 aliphatic carbocycles. The second kappa shape index (κ2) is 7.38. The molecular formula is C15H20N2O2. The topological polar surface area (TPSA) is 66.6 Å². The zero-order valence-corrected chi connectivity index (χ0v) is 11.0. The van der Waals surface area contributed by atoms with Gasteiger partial charge >= 0.3 is 5.97 Å². The predicted octanol–water partition coefficient (Wildman–Crippen LogP) is 1.82. The Morgan fingerprint density at radius 2 is 1.79 bits per heavy atom. The molecule has 0 aliphatic rings. The second-order valence-electron chi connectivity index (χ2n) is 4.30. The van der Waals surface area contributed by atoms with Crippen molar-refractivity contribution >= 4 is 11.7 Å². The Kier molecular flexibility index (Phi) is 5.82. The molecule has 0 amide bonds. The monoisotopic (exact) mass is 260 g/mol. The first-order valence-electron chi connectivity index (χ1n) is 6.12. The zero-order chi connectivity index (χ0) is 14.3. The molecule has 3 N–H and O–H groups in total. The van der Waals surface area contributed by atoms with Gasteiger partial charge < -0.3 is 15.7 Å². The maximum Gasteiger partial charge on any atom is 0.320 e. The first kappa shape index (κ1) is 15.0. The Hall–Kier alpha value is -2.07. The smallest absolute Gasteiger partial charge is 0.320 e. The van der Waals surface area contributed by atoms with Gasteiger partial charge in [0, 0.05) is 18.8 Å². The number of nitrogens with two attached hydrogens (primary N) is 1. The van der Waals surface area contributed by atoms with E-state index in [-0.39, 0.29) is 0 Å². The number of aliphatic carboxylic acids is 1. The van der Waals surface area contributed by atoms with Crippen LogP contribution >= 0.6 is 0 Å². The molecule has 1 aromatic carbocycles. The van der Waals surface area contributed by atoms with Crippen molar-refractivity contribution in [2.75, 3.05) is 18.0 Å². The molecule has 0 heterocycles. The van der Waals surface area contributed by atoms with Crippen LogP contribution in [0.4, 0.5) is 5.69 Å². The number of carbonyl (C=O) groups is 1. The maximum atomic E-state index is 10.7. The fraction of sp³-hybridized carbons (Fsp3) is 0.267. The molecule has 0 aromatic heterocycles. The van der Waals surface area contributed by atoms with Crippen LogP contribution < -0.4 is 10.6 Å². The molecule has 0 aliphatic heterocycles. The van der Waals surface area contributed by atoms with Crippen LogP contribution in [0.15, 0.2) is 49.6 Å². The van der Waals surface area contributed by atoms with Gasteiger partial charge in [-0.3, -0.25) is 4.79 Å². The van der Waals surface area contributed by atoms with E-state index in [1.807, 2.05) is 36.4 Å². The van der Waals surface area contributed by atoms with E-state index in [1.54, 1.807) is 0 Å². The lowest BCUT2D eigenvalue weighted by atomic mass is 10.1. The van der Waals surface area contributed by atoms with Gasteiger partial charge in [0.05, 0.1) is 0 Å². The van der Waals surface area contributed by atoms with Crippen molar-refractivity contribution in [3.8, 4) is 0 Å². The van der Waals surface area contributed by atoms with Crippen molar-refractivity contribution < 1.29 is 9.90 Å². The van der Waals surface area contributed by atoms with Gasteiger partial charge in [0.2, 0.25) is 0 Å². The van der Waals surface area contributed by atoms with Gasteiger partial charge in [-0.1, -0.05) is 24.3 Å². The third-order valence-electron chi connectivity index (χ3n) is 2.77. The van der Waals surface area contributed by atoms with Crippen LogP contribution in [0, 0.1) is 0 Å². The average molecular weight is 260 g/mol. The maximum absolute atomic E-state index is 10.7. The molecule has 0 saturated heterocycles. The van der Waals surface area contributed by atoms with Crippen molar-refractivity contribution in [2.45, 2.75) is 12.5 Å². The highest BCUT2D eigenvalue weighted by Crippen LogP contribution is 2.16. The van der Waals surface area contributed by atoms with Crippen molar-refractivity contribution in [1.29, 1.82) is 0 Å². The summed E-state index contributed by atoms with van der Waals surface area (Å²) in [5, 5.41) is 8.77. The molecule has 0 fully saturated rings. The SMILES string of the molecule is C=CCN(CC=C)c1ccc(C[C@@H](N)C(=O)O)cc1. The highest BCUT2D eigenvalue weighted by molar-refractivity contribution is 5.73. The van der Waals surface area contributed by atoms with E-state index in [1.165, 1.54) is 0 Å². The highest BCUT2D eigenvalue weighted by atomic mass is 16.4. The van der Waals surface area contributed by atoms with Crippen LogP contribution in [0.3, 0.4) is 0 Å². The van der Waals surface area contributed by atoms with Crippen LogP contribution in [0.1, 0.15) is 5.56 Å². The molecule has 0 spiro atoms. The molecule has 0 unspecified atom stereocenters. The molecule has 4 nitrogen and oxygen atoms in total. The summed E-state index contributed by atoms with van der Waals surface area (Å²) in [6.45, 7) is 8.93. The second-order valence-corrected chi connectivity index (χ2v) is 4.30. The molecule has 0 bridgehead atoms. The molecule has 4 heteroatoms. The predicted molar refractivity (Wildman–Crippen MR) is 78.4 cm³/mol. The van der Waals surface area contributed by atoms with E-state index >= 15 is 0 Å². The summed E-state index contributed by atoms with van der Waals surface area (Å²) in [6.07, 6.45) is 3.99. The summed E-state index contributed by atoms with van der Waals surface area (Å²) in [5.41, 5.74) is 7.47. The molecule has 102 valence electrons. The van der Waals surface area contributed by atoms with Crippen LogP contribution in [0.5, 0.6) is 0 Å². The Morgan fingerprint density at radius 3 is 2.21 bits per heavy atom. The lowest BCUT2D eigenvalue weighted by Gasteiger charge is -2.21. The number of anilines is 1. The van der Waals surface area contributed by atoms with Crippen molar-refractivity contribution in [3.05, 3.63) is 55.1 Å². The van der Waals surface area contributed by atoms with Gasteiger partial charge in [-0.25, -0.2) is 0 Å². The van der Waals surface area contributed by atoms with Gasteiger partial charge in [0.15, 0.2) is 0 Å². The minimum Gasteiger partial charge on any atom is -0.480 e. The number of carboxylic acid groups (broad SMARTS) is 1. The number of hydrogen-bond acceptors (Lipinski definition) is 3. The molecule has 19 heavy (non-hydrogen) atoms. The van der Waals surface area contributed by atoms with Crippen molar-refractivity contribution in [2.24, 2.45) is 5.73 Å². The summed E-state index contributed by atoms with van der Waals surface area (Å²) < 4.78 is 0. The van der Waals surface area contributed by atoms with E-state index in [9.17, 15) is 4.79 Å². The van der Waals surface area contributed by atoms with E-state index in [0.717, 1.165) is 24.3 Å². The lowest BCUT2D eigenvalue weighted by molar-refractivity contribution is -0.138. The van der Waals surface area contributed by atoms with Gasteiger partial charge in [-0.2, -0.15) is 0 Å². The normalized spacial score (nSPS) is 11.6. The Bertz CT molecular complexity index is 430. The van der Waals surface area contributed by atoms with Gasteiger partial charge in [0.1, 0.15) is 6.04 Å². The largest absolute Gasteiger partial charge is 0.480 e. The number of benzene rings is 1. The zero-order valence-electron chi connectivity index (χ0n) is 11.0. The van der Waals surface area contributed by atoms with Crippen LogP contribution in [-0.4, -0.2) is 30.2 Å². The number of carboxylic acids is 1. The quantitative estimate of drug-likeness (QED) is 0.700. The lowest BCUT2D eigenvalue weighted by Crippen LogP contribution is -2.32. The molecule has 0 radical (unpaired) electrons. The third kappa shape index (κ3) is 4.60. The summed E-state index contributed by atoms with van der Waals surface area (Å²) in [6, 6.07) is 6.85. The van der Waals surface area contributed by atoms with Crippen molar-refractivity contribution in [1.82, 2.24) is 0 Å². The number of nitrogens with zero attached hydrogens (tertiary/aromatic N) is 1. The van der Waals surface area contributed by atoms with Gasteiger partial charge in [-0.05, 0) is 24.1 Å². The minimum absolute atomic E-state index is 0.332. The fourth-order valence-corrected chi connectivity index (χ4v) is 1.78. The molecule has 1 atom stereocenters. The van der Waals surface area contributed by atoms with E-state index in [2.05, 4.69) is 18.1 Å². The van der Waals surface area contributed by atoms with Crippen molar-refractivity contribution in [3.63, 3.8) is 0 Å². The fourth-order valence-electron chi connectivity index (χ4n) is 1.78. The van der Waals surface area contributed by atoms with E-state index in [0.29, 0.717) is 6.42 Å². The minimum atomic E-state index is -0.982. The summed E-state index contributed by atoms with van der Waals surface area (Å²) in [4.78, 5) is 12.8. The van der Waals surface area contributed by atoms with Gasteiger partial charge in [-0.15, -0.1) is 13.2 Å². The van der Waals surface area contributed by atoms with E-state index < -0.39 is 12.0 Å². The average Bonchev–Trinajstić information content (AvgIpc) is 2.39. The first-order valence-corrected chi connectivity index (χ1v) is 6.12. The summed E-state index contributed by atoms with van der Waals surface area (Å²) in [5.74, 6) is -0.982. The summed E-state index contributed by atoms with van der Waals surface area (Å²) >= 11 is 0. The number of hydrogen-bond donors (Lipinski definition) is 2. The molecule has 1 rings (SSSR count). The third-order valence-corrected chi connectivity index (χ3v) is 2.77. The molecular weight excluding hydrogens is 240 g/mol. The van der Waals surface area contributed by atoms with Crippen LogP contribution in [0.2, 0.25) is 0 Å². The summed E-state index contributed by atoms with van der Waals surface area (Å²) in [7, 11) is 0. The van der Waals surface area contributed by atoms with Crippen LogP contribution in [0.25, 0.3) is 0 Å². The van der Waals surface area contributed by atoms with Gasteiger partial charge in [0.25, 0.3) is 0 Å². The standard InChI is InChI=1S/C15H20N2O2/c1-3-9-17(10-4-2)13-7-5-12(6-8-13)11-14(16)15(18)19/h3-8,14H,1-2,9-11,16H2,(H,18,19)/t14-/m1/s1. The van der Waals surface area contributed by atoms with Crippen LogP contribution in [-0.2, 0) is 11.2 Å². The number of rotatable bonds is 8. The molecule has 1 aromatic rings. The first-order chi connectivity index (χ1) is 9.08. The Morgan fingerprint density at radius 1 is 1.26 bits per heavy atom. The molecule has 0 saturated carbocycles.